The molecule has 0 spiro atoms. The molecule has 2 atom stereocenters. The Balaban J connectivity index is 2.51. The molecule has 5 nitrogen and oxygen atoms in total. The number of aliphatic carboxylic acids is 1. The van der Waals surface area contributed by atoms with Gasteiger partial charge in [0.1, 0.15) is 0 Å². The van der Waals surface area contributed by atoms with Crippen LogP contribution >= 0.6 is 0 Å². The average Bonchev–Trinajstić information content (AvgIpc) is 2.44. The Labute approximate surface area is 138 Å². The molecule has 1 aromatic rings. The zero-order chi connectivity index (χ0) is 18.3. The third-order valence-corrected chi connectivity index (χ3v) is 5.16. The summed E-state index contributed by atoms with van der Waals surface area (Å²) in [5.41, 5.74) is -1.25. The molecule has 2 rings (SSSR count). The molecule has 134 valence electrons. The Morgan fingerprint density at radius 3 is 2.42 bits per heavy atom. The largest absolute Gasteiger partial charge is 0.481 e. The maximum Gasteiger partial charge on any atom is 0.418 e. The van der Waals surface area contributed by atoms with E-state index in [0.29, 0.717) is 12.5 Å². The van der Waals surface area contributed by atoms with Crippen LogP contribution in [0.4, 0.5) is 18.9 Å². The summed E-state index contributed by atoms with van der Waals surface area (Å²) < 4.78 is 63.2. The van der Waals surface area contributed by atoms with Crippen molar-refractivity contribution in [2.24, 2.45) is 11.8 Å². The third-order valence-electron chi connectivity index (χ3n) is 4.05. The van der Waals surface area contributed by atoms with Gasteiger partial charge in [-0.25, -0.2) is 8.42 Å². The molecule has 1 aliphatic rings. The van der Waals surface area contributed by atoms with E-state index in [4.69, 9.17) is 0 Å². The van der Waals surface area contributed by atoms with Crippen LogP contribution in [0.3, 0.4) is 0 Å². The zero-order valence-corrected chi connectivity index (χ0v) is 14.0. The van der Waals surface area contributed by atoms with Crippen molar-refractivity contribution in [1.82, 2.24) is 0 Å². The van der Waals surface area contributed by atoms with Crippen LogP contribution in [0.15, 0.2) is 23.1 Å². The third kappa shape index (κ3) is 4.00. The maximum absolute atomic E-state index is 13.4. The summed E-state index contributed by atoms with van der Waals surface area (Å²) in [6.45, 7) is 2.02. The van der Waals surface area contributed by atoms with E-state index in [1.165, 1.54) is 4.90 Å². The van der Waals surface area contributed by atoms with E-state index in [9.17, 15) is 31.5 Å². The van der Waals surface area contributed by atoms with Crippen molar-refractivity contribution >= 4 is 21.5 Å². The second kappa shape index (κ2) is 6.27. The van der Waals surface area contributed by atoms with Crippen molar-refractivity contribution in [1.29, 1.82) is 0 Å². The second-order valence-electron chi connectivity index (χ2n) is 6.23. The molecule has 2 unspecified atom stereocenters. The minimum Gasteiger partial charge on any atom is -0.481 e. The smallest absolute Gasteiger partial charge is 0.418 e. The molecule has 0 radical (unpaired) electrons. The van der Waals surface area contributed by atoms with Crippen molar-refractivity contribution in [3.8, 4) is 0 Å². The van der Waals surface area contributed by atoms with Crippen LogP contribution in [-0.2, 0) is 20.8 Å². The highest BCUT2D eigenvalue weighted by Crippen LogP contribution is 2.39. The van der Waals surface area contributed by atoms with E-state index >= 15 is 0 Å². The molecule has 1 N–H and O–H groups in total. The minimum atomic E-state index is -4.74. The van der Waals surface area contributed by atoms with Crippen molar-refractivity contribution in [3.63, 3.8) is 0 Å². The molecule has 1 aliphatic heterocycles. The highest BCUT2D eigenvalue weighted by Gasteiger charge is 2.38. The van der Waals surface area contributed by atoms with Gasteiger partial charge in [-0.1, -0.05) is 6.92 Å². The summed E-state index contributed by atoms with van der Waals surface area (Å²) in [6, 6.07) is 2.84. The van der Waals surface area contributed by atoms with Crippen LogP contribution < -0.4 is 4.90 Å². The summed E-state index contributed by atoms with van der Waals surface area (Å²) in [6.07, 6.45) is -3.50. The van der Waals surface area contributed by atoms with Crippen LogP contribution in [0, 0.1) is 11.8 Å². The molecule has 0 aromatic heterocycles. The van der Waals surface area contributed by atoms with Gasteiger partial charge in [-0.15, -0.1) is 0 Å². The van der Waals surface area contributed by atoms with Crippen molar-refractivity contribution in [2.45, 2.75) is 24.4 Å². The summed E-state index contributed by atoms with van der Waals surface area (Å²) in [4.78, 5) is 12.2. The molecule has 1 saturated heterocycles. The van der Waals surface area contributed by atoms with Gasteiger partial charge in [0.25, 0.3) is 0 Å². The molecule has 24 heavy (non-hydrogen) atoms. The zero-order valence-electron chi connectivity index (χ0n) is 13.2. The number of sulfone groups is 1. The monoisotopic (exact) mass is 365 g/mol. The summed E-state index contributed by atoms with van der Waals surface area (Å²) in [5.74, 6) is -1.90. The number of hydrogen-bond acceptors (Lipinski definition) is 4. The highest BCUT2D eigenvalue weighted by atomic mass is 32.2. The standard InChI is InChI=1S/C15H18F3NO4S/c1-9-5-10(14(20)21)8-19(7-9)13-4-3-11(24(2,22)23)6-12(13)15(16,17)18/h3-4,6,9-10H,5,7-8H2,1-2H3,(H,20,21). The number of nitrogens with zero attached hydrogens (tertiary/aromatic N) is 1. The fourth-order valence-corrected chi connectivity index (χ4v) is 3.62. The fraction of sp³-hybridized carbons (Fsp3) is 0.533. The molecule has 1 heterocycles. The number of piperidine rings is 1. The number of halogens is 3. The van der Waals surface area contributed by atoms with Gasteiger partial charge in [0.2, 0.25) is 0 Å². The van der Waals surface area contributed by atoms with E-state index in [0.717, 1.165) is 18.4 Å². The lowest BCUT2D eigenvalue weighted by atomic mass is 9.90. The van der Waals surface area contributed by atoms with Gasteiger partial charge in [-0.05, 0) is 30.5 Å². The number of hydrogen-bond donors (Lipinski definition) is 1. The van der Waals surface area contributed by atoms with Gasteiger partial charge in [-0.2, -0.15) is 13.2 Å². The van der Waals surface area contributed by atoms with Crippen molar-refractivity contribution in [3.05, 3.63) is 23.8 Å². The SMILES string of the molecule is CC1CC(C(=O)O)CN(c2ccc(S(C)(=O)=O)cc2C(F)(F)F)C1. The van der Waals surface area contributed by atoms with Crippen LogP contribution in [0.5, 0.6) is 0 Å². The Hall–Kier alpha value is -1.77. The van der Waals surface area contributed by atoms with Crippen LogP contribution in [0.2, 0.25) is 0 Å². The number of alkyl halides is 3. The van der Waals surface area contributed by atoms with E-state index < -0.39 is 38.4 Å². The fourth-order valence-electron chi connectivity index (χ4n) is 2.98. The first kappa shape index (κ1) is 18.6. The Kier molecular flexibility index (Phi) is 4.85. The van der Waals surface area contributed by atoms with E-state index in [2.05, 4.69) is 0 Å². The highest BCUT2D eigenvalue weighted by molar-refractivity contribution is 7.90. The molecule has 1 fully saturated rings. The van der Waals surface area contributed by atoms with Gasteiger partial charge in [0.15, 0.2) is 9.84 Å². The second-order valence-corrected chi connectivity index (χ2v) is 8.25. The van der Waals surface area contributed by atoms with E-state index in [1.807, 2.05) is 0 Å². The minimum absolute atomic E-state index is 0.0407. The van der Waals surface area contributed by atoms with Crippen LogP contribution in [0.1, 0.15) is 18.9 Å². The average molecular weight is 365 g/mol. The van der Waals surface area contributed by atoms with Crippen LogP contribution in [0.25, 0.3) is 0 Å². The molecular formula is C15H18F3NO4S. The van der Waals surface area contributed by atoms with Gasteiger partial charge in [0, 0.05) is 25.0 Å². The quantitative estimate of drug-likeness (QED) is 0.891. The van der Waals surface area contributed by atoms with Gasteiger partial charge >= 0.3 is 12.1 Å². The van der Waals surface area contributed by atoms with Crippen molar-refractivity contribution < 1.29 is 31.5 Å². The number of benzene rings is 1. The summed E-state index contributed by atoms with van der Waals surface area (Å²) >= 11 is 0. The Morgan fingerprint density at radius 2 is 1.92 bits per heavy atom. The number of anilines is 1. The Bertz CT molecular complexity index is 746. The first-order chi connectivity index (χ1) is 10.9. The Morgan fingerprint density at radius 1 is 1.29 bits per heavy atom. The maximum atomic E-state index is 13.4. The number of carboxylic acids is 1. The van der Waals surface area contributed by atoms with Gasteiger partial charge in [0.05, 0.1) is 16.4 Å². The van der Waals surface area contributed by atoms with Gasteiger partial charge < -0.3 is 10.0 Å². The molecule has 0 bridgehead atoms. The predicted octanol–water partition coefficient (Wildman–Crippen LogP) is 2.66. The van der Waals surface area contributed by atoms with Crippen LogP contribution in [-0.4, -0.2) is 38.8 Å². The first-order valence-electron chi connectivity index (χ1n) is 7.28. The normalized spacial score (nSPS) is 22.5. The number of carbonyl (C=O) groups is 1. The first-order valence-corrected chi connectivity index (χ1v) is 9.17. The molecule has 1 aromatic carbocycles. The molecule has 0 aliphatic carbocycles. The molecule has 0 amide bonds. The summed E-state index contributed by atoms with van der Waals surface area (Å²) in [5, 5.41) is 9.17. The molecule has 9 heteroatoms. The topological polar surface area (TPSA) is 74.7 Å². The lowest BCUT2D eigenvalue weighted by molar-refractivity contribution is -0.142. The van der Waals surface area contributed by atoms with E-state index in [-0.39, 0.29) is 24.7 Å². The van der Waals surface area contributed by atoms with E-state index in [1.54, 1.807) is 6.92 Å². The lowest BCUT2D eigenvalue weighted by Gasteiger charge is -2.37. The number of rotatable bonds is 3. The molecule has 0 saturated carbocycles. The van der Waals surface area contributed by atoms with Crippen molar-refractivity contribution in [2.75, 3.05) is 24.2 Å². The van der Waals surface area contributed by atoms with Gasteiger partial charge in [-0.3, -0.25) is 4.79 Å². The summed E-state index contributed by atoms with van der Waals surface area (Å²) in [7, 11) is -3.78. The predicted molar refractivity (Wildman–Crippen MR) is 81.7 cm³/mol. The number of carboxylic acid groups (broad SMARTS) is 1. The molecular weight excluding hydrogens is 347 g/mol. The lowest BCUT2D eigenvalue weighted by Crippen LogP contribution is -2.43.